The summed E-state index contributed by atoms with van der Waals surface area (Å²) in [4.78, 5) is 21.1. The minimum Gasteiger partial charge on any atom is -0.476 e. The van der Waals surface area contributed by atoms with Crippen LogP contribution in [-0.2, 0) is 6.54 Å². The van der Waals surface area contributed by atoms with E-state index in [4.69, 9.17) is 10.4 Å². The van der Waals surface area contributed by atoms with Crippen LogP contribution in [0.25, 0.3) is 11.3 Å². The average molecular weight is 273 g/mol. The lowest BCUT2D eigenvalue weighted by Gasteiger charge is -2.03. The number of non-ortho nitro benzene ring substituents is 1. The van der Waals surface area contributed by atoms with Gasteiger partial charge in [0.1, 0.15) is 12.2 Å². The van der Waals surface area contributed by atoms with Crippen LogP contribution in [0.1, 0.15) is 10.5 Å². The quantitative estimate of drug-likeness (QED) is 0.650. The fourth-order valence-electron chi connectivity index (χ4n) is 1.66. The monoisotopic (exact) mass is 273 g/mol. The number of hydrogen-bond acceptors (Lipinski definition) is 6. The smallest absolute Gasteiger partial charge is 0.358 e. The highest BCUT2D eigenvalue weighted by Crippen LogP contribution is 2.24. The van der Waals surface area contributed by atoms with Crippen LogP contribution < -0.4 is 0 Å². The lowest BCUT2D eigenvalue weighted by atomic mass is 10.1. The molecule has 0 fully saturated rings. The minimum atomic E-state index is -1.29. The molecular formula is C11H7N5O4. The van der Waals surface area contributed by atoms with Gasteiger partial charge in [-0.05, 0) is 12.1 Å². The van der Waals surface area contributed by atoms with E-state index in [-0.39, 0.29) is 23.6 Å². The molecule has 0 saturated carbocycles. The summed E-state index contributed by atoms with van der Waals surface area (Å²) in [5.41, 5.74) is 0.0845. The van der Waals surface area contributed by atoms with Gasteiger partial charge in [-0.3, -0.25) is 10.1 Å². The highest BCUT2D eigenvalue weighted by molar-refractivity contribution is 5.92. The predicted octanol–water partition coefficient (Wildman–Crippen LogP) is 1.08. The third kappa shape index (κ3) is 2.30. The summed E-state index contributed by atoms with van der Waals surface area (Å²) < 4.78 is 1.13. The summed E-state index contributed by atoms with van der Waals surface area (Å²) in [6.45, 7) is -0.174. The number of nitrogens with zero attached hydrogens (tertiary/aromatic N) is 5. The Morgan fingerprint density at radius 1 is 1.45 bits per heavy atom. The molecule has 0 spiro atoms. The Morgan fingerprint density at radius 2 is 2.10 bits per heavy atom. The molecule has 0 amide bonds. The van der Waals surface area contributed by atoms with E-state index in [9.17, 15) is 14.9 Å². The summed E-state index contributed by atoms with van der Waals surface area (Å²) in [5, 5.41) is 35.4. The van der Waals surface area contributed by atoms with Crippen molar-refractivity contribution in [2.24, 2.45) is 0 Å². The molecule has 0 aliphatic rings. The van der Waals surface area contributed by atoms with Crippen molar-refractivity contribution in [2.75, 3.05) is 0 Å². The SMILES string of the molecule is N#CCn1nnc(C(=O)O)c1-c1ccc([N+](=O)[O-])cc1. The van der Waals surface area contributed by atoms with Crippen LogP contribution in [0.5, 0.6) is 0 Å². The van der Waals surface area contributed by atoms with E-state index in [1.54, 1.807) is 0 Å². The number of nitro benzene ring substituents is 1. The number of nitro groups is 1. The fourth-order valence-corrected chi connectivity index (χ4v) is 1.66. The molecule has 20 heavy (non-hydrogen) atoms. The molecule has 0 bridgehead atoms. The van der Waals surface area contributed by atoms with Gasteiger partial charge in [0.05, 0.1) is 11.0 Å². The van der Waals surface area contributed by atoms with Gasteiger partial charge in [-0.15, -0.1) is 5.10 Å². The van der Waals surface area contributed by atoms with Crippen LogP contribution in [0.15, 0.2) is 24.3 Å². The molecule has 0 radical (unpaired) electrons. The molecule has 1 heterocycles. The maximum Gasteiger partial charge on any atom is 0.358 e. The van der Waals surface area contributed by atoms with E-state index in [1.165, 1.54) is 24.3 Å². The van der Waals surface area contributed by atoms with Gasteiger partial charge >= 0.3 is 5.97 Å². The van der Waals surface area contributed by atoms with Crippen molar-refractivity contribution in [3.8, 4) is 17.3 Å². The number of aromatic carboxylic acids is 1. The molecule has 2 aromatic rings. The molecule has 1 aromatic carbocycles. The maximum absolute atomic E-state index is 11.1. The zero-order valence-electron chi connectivity index (χ0n) is 9.92. The molecule has 0 atom stereocenters. The molecule has 0 aliphatic heterocycles. The van der Waals surface area contributed by atoms with E-state index >= 15 is 0 Å². The van der Waals surface area contributed by atoms with E-state index in [1.807, 2.05) is 6.07 Å². The second-order valence-corrected chi connectivity index (χ2v) is 3.71. The number of nitriles is 1. The van der Waals surface area contributed by atoms with Crippen LogP contribution in [0.4, 0.5) is 5.69 Å². The second kappa shape index (κ2) is 5.15. The lowest BCUT2D eigenvalue weighted by molar-refractivity contribution is -0.384. The van der Waals surface area contributed by atoms with Gasteiger partial charge in [0.15, 0.2) is 5.69 Å². The molecule has 2 rings (SSSR count). The van der Waals surface area contributed by atoms with Gasteiger partial charge in [0.2, 0.25) is 0 Å². The first-order valence-electron chi connectivity index (χ1n) is 5.33. The van der Waals surface area contributed by atoms with E-state index < -0.39 is 10.9 Å². The van der Waals surface area contributed by atoms with Crippen molar-refractivity contribution >= 4 is 11.7 Å². The van der Waals surface area contributed by atoms with Gasteiger partial charge in [-0.25, -0.2) is 9.48 Å². The normalized spacial score (nSPS) is 9.95. The fraction of sp³-hybridized carbons (Fsp3) is 0.0909. The molecule has 9 heteroatoms. The minimum absolute atomic E-state index is 0.120. The van der Waals surface area contributed by atoms with E-state index in [0.29, 0.717) is 5.56 Å². The summed E-state index contributed by atoms with van der Waals surface area (Å²) >= 11 is 0. The van der Waals surface area contributed by atoms with Crippen LogP contribution in [0, 0.1) is 21.4 Å². The number of carboxylic acids is 1. The number of benzene rings is 1. The number of carboxylic acid groups (broad SMARTS) is 1. The zero-order chi connectivity index (χ0) is 14.7. The third-order valence-corrected chi connectivity index (χ3v) is 2.51. The van der Waals surface area contributed by atoms with E-state index in [2.05, 4.69) is 10.3 Å². The number of aromatic nitrogens is 3. The van der Waals surface area contributed by atoms with Crippen molar-refractivity contribution in [2.45, 2.75) is 6.54 Å². The van der Waals surface area contributed by atoms with Gasteiger partial charge in [-0.1, -0.05) is 5.21 Å². The Hall–Kier alpha value is -3.28. The molecule has 0 saturated heterocycles. The van der Waals surface area contributed by atoms with Gasteiger partial charge in [0, 0.05) is 17.7 Å². The Kier molecular flexibility index (Phi) is 3.39. The van der Waals surface area contributed by atoms with Crippen LogP contribution in [0.2, 0.25) is 0 Å². The van der Waals surface area contributed by atoms with Crippen LogP contribution in [-0.4, -0.2) is 31.0 Å². The van der Waals surface area contributed by atoms with E-state index in [0.717, 1.165) is 4.68 Å². The highest BCUT2D eigenvalue weighted by atomic mass is 16.6. The third-order valence-electron chi connectivity index (χ3n) is 2.51. The summed E-state index contributed by atoms with van der Waals surface area (Å²) in [6, 6.07) is 7.09. The first-order chi connectivity index (χ1) is 9.54. The second-order valence-electron chi connectivity index (χ2n) is 3.71. The first-order valence-corrected chi connectivity index (χ1v) is 5.33. The molecule has 0 unspecified atom stereocenters. The molecule has 1 N–H and O–H groups in total. The van der Waals surface area contributed by atoms with Crippen molar-refractivity contribution < 1.29 is 14.8 Å². The average Bonchev–Trinajstić information content (AvgIpc) is 2.83. The van der Waals surface area contributed by atoms with Crippen molar-refractivity contribution in [1.82, 2.24) is 15.0 Å². The largest absolute Gasteiger partial charge is 0.476 e. The Labute approximate surface area is 111 Å². The predicted molar refractivity (Wildman–Crippen MR) is 64.7 cm³/mol. The summed E-state index contributed by atoms with van der Waals surface area (Å²) in [5.74, 6) is -1.29. The topological polar surface area (TPSA) is 135 Å². The number of hydrogen-bond donors (Lipinski definition) is 1. The van der Waals surface area contributed by atoms with Crippen LogP contribution >= 0.6 is 0 Å². The first kappa shape index (κ1) is 13.2. The summed E-state index contributed by atoms with van der Waals surface area (Å²) in [7, 11) is 0. The van der Waals surface area contributed by atoms with Gasteiger partial charge < -0.3 is 5.11 Å². The Balaban J connectivity index is 2.55. The Morgan fingerprint density at radius 3 is 2.60 bits per heavy atom. The molecule has 0 aliphatic carbocycles. The van der Waals surface area contributed by atoms with Crippen molar-refractivity contribution in [1.29, 1.82) is 5.26 Å². The highest BCUT2D eigenvalue weighted by Gasteiger charge is 2.21. The number of carbonyl (C=O) groups is 1. The molecule has 1 aromatic heterocycles. The molecule has 100 valence electrons. The lowest BCUT2D eigenvalue weighted by Crippen LogP contribution is -2.04. The van der Waals surface area contributed by atoms with Gasteiger partial charge in [0.25, 0.3) is 5.69 Å². The Bertz CT molecular complexity index is 713. The maximum atomic E-state index is 11.1. The summed E-state index contributed by atoms with van der Waals surface area (Å²) in [6.07, 6.45) is 0. The van der Waals surface area contributed by atoms with Crippen molar-refractivity contribution in [3.63, 3.8) is 0 Å². The molecule has 9 nitrogen and oxygen atoms in total. The van der Waals surface area contributed by atoms with Crippen LogP contribution in [0.3, 0.4) is 0 Å². The van der Waals surface area contributed by atoms with Crippen molar-refractivity contribution in [3.05, 3.63) is 40.1 Å². The zero-order valence-corrected chi connectivity index (χ0v) is 9.92. The number of rotatable bonds is 4. The van der Waals surface area contributed by atoms with Gasteiger partial charge in [-0.2, -0.15) is 5.26 Å². The standard InChI is InChI=1S/C11H7N5O4/c12-5-6-15-10(9(11(17)18)13-14-15)7-1-3-8(4-2-7)16(19)20/h1-4H,6H2,(H,17,18). The molecular weight excluding hydrogens is 266 g/mol.